The van der Waals surface area contributed by atoms with Crippen molar-refractivity contribution in [3.63, 3.8) is 0 Å². The highest BCUT2D eigenvalue weighted by molar-refractivity contribution is 5.87. The predicted molar refractivity (Wildman–Crippen MR) is 71.6 cm³/mol. The van der Waals surface area contributed by atoms with Crippen LogP contribution in [-0.2, 0) is 17.8 Å². The van der Waals surface area contributed by atoms with Crippen LogP contribution in [0.2, 0.25) is 0 Å². The van der Waals surface area contributed by atoms with E-state index in [1.807, 2.05) is 17.7 Å². The number of nitrogens with one attached hydrogen (secondary N) is 1. The van der Waals surface area contributed by atoms with Gasteiger partial charge in [0.2, 0.25) is 0 Å². The quantitative estimate of drug-likeness (QED) is 0.864. The predicted octanol–water partition coefficient (Wildman–Crippen LogP) is 1.71. The Morgan fingerprint density at radius 1 is 1.56 bits per heavy atom. The Labute approximate surface area is 109 Å². The molecule has 18 heavy (non-hydrogen) atoms. The summed E-state index contributed by atoms with van der Waals surface area (Å²) in [6.07, 6.45) is 2.42. The van der Waals surface area contributed by atoms with E-state index in [9.17, 15) is 4.79 Å². The molecule has 0 aliphatic carbocycles. The maximum Gasteiger partial charge on any atom is 0.146 e. The van der Waals surface area contributed by atoms with Crippen molar-refractivity contribution in [1.29, 1.82) is 0 Å². The van der Waals surface area contributed by atoms with E-state index in [-0.39, 0.29) is 5.41 Å². The summed E-state index contributed by atoms with van der Waals surface area (Å²) in [5.74, 6) is 0.365. The third-order valence-corrected chi connectivity index (χ3v) is 4.14. The Morgan fingerprint density at radius 3 is 2.89 bits per heavy atom. The topological polar surface area (TPSA) is 46.9 Å². The molecule has 1 fully saturated rings. The first kappa shape index (κ1) is 13.3. The molecule has 0 aromatic carbocycles. The van der Waals surface area contributed by atoms with Gasteiger partial charge in [-0.25, -0.2) is 0 Å². The van der Waals surface area contributed by atoms with Crippen LogP contribution in [0.4, 0.5) is 0 Å². The number of nitrogens with zero attached hydrogens (tertiary/aromatic N) is 2. The standard InChI is InChI=1S/C14H23N3O/c1-4-14(6-7-15-10-14)13(18)9-12-8-11(3)16-17(12)5-2/h8,15H,4-7,9-10H2,1-3H3. The van der Waals surface area contributed by atoms with E-state index in [0.29, 0.717) is 12.2 Å². The smallest absolute Gasteiger partial charge is 0.146 e. The van der Waals surface area contributed by atoms with Gasteiger partial charge in [-0.2, -0.15) is 5.10 Å². The summed E-state index contributed by atoms with van der Waals surface area (Å²) in [6.45, 7) is 8.79. The van der Waals surface area contributed by atoms with Gasteiger partial charge in [0.05, 0.1) is 5.69 Å². The SMILES string of the molecule is CCn1nc(C)cc1CC(=O)C1(CC)CCNC1. The molecule has 1 atom stereocenters. The van der Waals surface area contributed by atoms with Crippen molar-refractivity contribution in [2.75, 3.05) is 13.1 Å². The van der Waals surface area contributed by atoms with Gasteiger partial charge in [-0.3, -0.25) is 9.48 Å². The first-order valence-corrected chi connectivity index (χ1v) is 6.88. The molecule has 0 spiro atoms. The van der Waals surface area contributed by atoms with E-state index in [1.165, 1.54) is 0 Å². The van der Waals surface area contributed by atoms with Crippen LogP contribution in [0.25, 0.3) is 0 Å². The molecule has 100 valence electrons. The molecule has 1 N–H and O–H groups in total. The van der Waals surface area contributed by atoms with Gasteiger partial charge in [0.1, 0.15) is 5.78 Å². The number of carbonyl (C=O) groups excluding carboxylic acids is 1. The number of hydrogen-bond donors (Lipinski definition) is 1. The minimum Gasteiger partial charge on any atom is -0.316 e. The van der Waals surface area contributed by atoms with E-state index in [4.69, 9.17) is 0 Å². The Kier molecular flexibility index (Phi) is 3.85. The maximum absolute atomic E-state index is 12.6. The van der Waals surface area contributed by atoms with Gasteiger partial charge in [0.25, 0.3) is 0 Å². The molecular formula is C14H23N3O. The third kappa shape index (κ3) is 2.34. The second kappa shape index (κ2) is 5.22. The number of rotatable bonds is 5. The summed E-state index contributed by atoms with van der Waals surface area (Å²) in [5.41, 5.74) is 1.91. The van der Waals surface area contributed by atoms with Gasteiger partial charge >= 0.3 is 0 Å². The number of aromatic nitrogens is 2. The summed E-state index contributed by atoms with van der Waals surface area (Å²) in [4.78, 5) is 12.6. The summed E-state index contributed by atoms with van der Waals surface area (Å²) in [7, 11) is 0. The average Bonchev–Trinajstić information content (AvgIpc) is 2.96. The lowest BCUT2D eigenvalue weighted by molar-refractivity contribution is -0.127. The molecule has 1 aliphatic rings. The molecule has 0 radical (unpaired) electrons. The van der Waals surface area contributed by atoms with Gasteiger partial charge in [0, 0.05) is 30.6 Å². The van der Waals surface area contributed by atoms with E-state index in [0.717, 1.165) is 43.9 Å². The molecule has 1 aromatic heterocycles. The zero-order chi connectivity index (χ0) is 13.2. The first-order chi connectivity index (χ1) is 8.61. The molecule has 4 nitrogen and oxygen atoms in total. The number of aryl methyl sites for hydroxylation is 2. The van der Waals surface area contributed by atoms with Gasteiger partial charge in [-0.1, -0.05) is 6.92 Å². The second-order valence-corrected chi connectivity index (χ2v) is 5.25. The molecule has 4 heteroatoms. The number of Topliss-reactive ketones (excluding diaryl/α,β-unsaturated/α-hetero) is 1. The normalized spacial score (nSPS) is 23.5. The highest BCUT2D eigenvalue weighted by atomic mass is 16.1. The average molecular weight is 249 g/mol. The molecule has 1 unspecified atom stereocenters. The Balaban J connectivity index is 2.15. The molecule has 0 bridgehead atoms. The highest BCUT2D eigenvalue weighted by Crippen LogP contribution is 2.31. The first-order valence-electron chi connectivity index (χ1n) is 6.88. The van der Waals surface area contributed by atoms with Gasteiger partial charge in [-0.05, 0) is 39.3 Å². The molecule has 1 aliphatic heterocycles. The summed E-state index contributed by atoms with van der Waals surface area (Å²) >= 11 is 0. The highest BCUT2D eigenvalue weighted by Gasteiger charge is 2.39. The largest absolute Gasteiger partial charge is 0.316 e. The zero-order valence-electron chi connectivity index (χ0n) is 11.6. The van der Waals surface area contributed by atoms with Crippen molar-refractivity contribution in [2.24, 2.45) is 5.41 Å². The Bertz CT molecular complexity index is 430. The molecular weight excluding hydrogens is 226 g/mol. The Morgan fingerprint density at radius 2 is 2.33 bits per heavy atom. The lowest BCUT2D eigenvalue weighted by Gasteiger charge is -2.24. The van der Waals surface area contributed by atoms with Crippen molar-refractivity contribution in [2.45, 2.75) is 46.6 Å². The van der Waals surface area contributed by atoms with Crippen molar-refractivity contribution >= 4 is 5.78 Å². The van der Waals surface area contributed by atoms with Crippen LogP contribution >= 0.6 is 0 Å². The molecule has 0 amide bonds. The lowest BCUT2D eigenvalue weighted by atomic mass is 9.78. The van der Waals surface area contributed by atoms with Crippen LogP contribution in [0.15, 0.2) is 6.07 Å². The van der Waals surface area contributed by atoms with E-state index in [1.54, 1.807) is 0 Å². The maximum atomic E-state index is 12.6. The lowest BCUT2D eigenvalue weighted by Crippen LogP contribution is -2.34. The van der Waals surface area contributed by atoms with E-state index in [2.05, 4.69) is 24.3 Å². The van der Waals surface area contributed by atoms with Crippen LogP contribution in [-0.4, -0.2) is 28.7 Å². The van der Waals surface area contributed by atoms with Crippen molar-refractivity contribution in [3.05, 3.63) is 17.5 Å². The van der Waals surface area contributed by atoms with Crippen molar-refractivity contribution in [1.82, 2.24) is 15.1 Å². The van der Waals surface area contributed by atoms with Crippen molar-refractivity contribution < 1.29 is 4.79 Å². The van der Waals surface area contributed by atoms with E-state index < -0.39 is 0 Å². The summed E-state index contributed by atoms with van der Waals surface area (Å²) in [6, 6.07) is 2.03. The molecule has 1 aromatic rings. The molecule has 2 rings (SSSR count). The fraction of sp³-hybridized carbons (Fsp3) is 0.714. The monoisotopic (exact) mass is 249 g/mol. The number of ketones is 1. The molecule has 1 saturated heterocycles. The number of hydrogen-bond acceptors (Lipinski definition) is 3. The molecule has 2 heterocycles. The Hall–Kier alpha value is -1.16. The van der Waals surface area contributed by atoms with Crippen LogP contribution in [0.5, 0.6) is 0 Å². The van der Waals surface area contributed by atoms with Crippen LogP contribution < -0.4 is 5.32 Å². The van der Waals surface area contributed by atoms with Gasteiger partial charge in [-0.15, -0.1) is 0 Å². The second-order valence-electron chi connectivity index (χ2n) is 5.25. The van der Waals surface area contributed by atoms with Gasteiger partial charge in [0.15, 0.2) is 0 Å². The third-order valence-electron chi connectivity index (χ3n) is 4.14. The minimum absolute atomic E-state index is 0.142. The van der Waals surface area contributed by atoms with Gasteiger partial charge < -0.3 is 5.32 Å². The van der Waals surface area contributed by atoms with Crippen LogP contribution in [0.1, 0.15) is 38.1 Å². The number of carbonyl (C=O) groups is 1. The van der Waals surface area contributed by atoms with Crippen molar-refractivity contribution in [3.8, 4) is 0 Å². The van der Waals surface area contributed by atoms with E-state index >= 15 is 0 Å². The van der Waals surface area contributed by atoms with Crippen LogP contribution in [0.3, 0.4) is 0 Å². The molecule has 0 saturated carbocycles. The summed E-state index contributed by atoms with van der Waals surface area (Å²) < 4.78 is 1.94. The minimum atomic E-state index is -0.142. The fourth-order valence-corrected chi connectivity index (χ4v) is 2.85. The fourth-order valence-electron chi connectivity index (χ4n) is 2.85. The summed E-state index contributed by atoms with van der Waals surface area (Å²) in [5, 5.41) is 7.73. The van der Waals surface area contributed by atoms with Crippen LogP contribution in [0, 0.1) is 12.3 Å². The zero-order valence-corrected chi connectivity index (χ0v) is 11.6.